The topological polar surface area (TPSA) is 102 Å². The molecule has 29 heavy (non-hydrogen) atoms. The molecule has 5 heterocycles. The van der Waals surface area contributed by atoms with Gasteiger partial charge in [-0.2, -0.15) is 5.10 Å². The van der Waals surface area contributed by atoms with Gasteiger partial charge in [0.05, 0.1) is 36.2 Å². The first-order valence-corrected chi connectivity index (χ1v) is 10.00. The SMILES string of the molecule is Cc1cc(N)cc([C@@H](C)Nc2nnc(C)c3cnc(N4C[C@H]5C[C@@H]4CO5)cc23)n1. The molecule has 3 aromatic heterocycles. The first kappa shape index (κ1) is 18.1. The average Bonchev–Trinajstić information content (AvgIpc) is 3.33. The maximum atomic E-state index is 6.00. The molecule has 2 aliphatic heterocycles. The number of nitrogens with two attached hydrogens (primary N) is 1. The maximum absolute atomic E-state index is 6.00. The Morgan fingerprint density at radius 1 is 1.21 bits per heavy atom. The van der Waals surface area contributed by atoms with Gasteiger partial charge in [0.1, 0.15) is 5.82 Å². The lowest BCUT2D eigenvalue weighted by Crippen LogP contribution is -2.37. The third kappa shape index (κ3) is 3.23. The van der Waals surface area contributed by atoms with Gasteiger partial charge in [-0.25, -0.2) is 4.98 Å². The number of aryl methyl sites for hydroxylation is 2. The zero-order chi connectivity index (χ0) is 20.1. The van der Waals surface area contributed by atoms with Crippen LogP contribution in [0.25, 0.3) is 10.8 Å². The number of hydrogen-bond acceptors (Lipinski definition) is 8. The van der Waals surface area contributed by atoms with Crippen LogP contribution in [0, 0.1) is 13.8 Å². The fraction of sp³-hybridized carbons (Fsp3) is 0.429. The number of nitrogen functional groups attached to an aromatic ring is 1. The van der Waals surface area contributed by atoms with Crippen molar-refractivity contribution in [1.82, 2.24) is 20.2 Å². The minimum absolute atomic E-state index is 0.0646. The molecule has 3 aromatic rings. The Hall–Kier alpha value is -3.00. The fourth-order valence-electron chi connectivity index (χ4n) is 4.33. The summed E-state index contributed by atoms with van der Waals surface area (Å²) in [5, 5.41) is 14.2. The van der Waals surface area contributed by atoms with Gasteiger partial charge >= 0.3 is 0 Å². The molecule has 0 spiro atoms. The Bertz CT molecular complexity index is 1070. The summed E-state index contributed by atoms with van der Waals surface area (Å²) in [7, 11) is 0. The Morgan fingerprint density at radius 3 is 2.79 bits per heavy atom. The van der Waals surface area contributed by atoms with Crippen LogP contribution in [-0.2, 0) is 4.74 Å². The van der Waals surface area contributed by atoms with E-state index in [0.29, 0.717) is 17.8 Å². The standard InChI is InChI=1S/C21H25N7O/c1-11-4-14(22)5-19(24-11)13(3)25-21-17-7-20(23-8-18(17)12(2)26-27-21)28-9-16-6-15(28)10-29-16/h4-5,7-8,13,15-16H,6,9-10H2,1-3H3,(H2,22,24)(H,25,27)/t13-,15-,16-/m1/s1. The van der Waals surface area contributed by atoms with Crippen LogP contribution in [0.15, 0.2) is 24.4 Å². The van der Waals surface area contributed by atoms with Crippen LogP contribution < -0.4 is 16.0 Å². The lowest BCUT2D eigenvalue weighted by atomic mass is 10.1. The molecule has 0 aliphatic carbocycles. The summed E-state index contributed by atoms with van der Waals surface area (Å²) in [5.41, 5.74) is 9.34. The summed E-state index contributed by atoms with van der Waals surface area (Å²) < 4.78 is 5.73. The number of nitrogens with one attached hydrogen (secondary N) is 1. The van der Waals surface area contributed by atoms with Crippen molar-refractivity contribution in [2.24, 2.45) is 0 Å². The van der Waals surface area contributed by atoms with Crippen LogP contribution in [0.4, 0.5) is 17.3 Å². The number of nitrogens with zero attached hydrogens (tertiary/aromatic N) is 5. The fourth-order valence-corrected chi connectivity index (χ4v) is 4.33. The van der Waals surface area contributed by atoms with Crippen molar-refractivity contribution in [3.63, 3.8) is 0 Å². The summed E-state index contributed by atoms with van der Waals surface area (Å²) in [6, 6.07) is 6.22. The smallest absolute Gasteiger partial charge is 0.157 e. The van der Waals surface area contributed by atoms with Gasteiger partial charge in [-0.3, -0.25) is 4.98 Å². The highest BCUT2D eigenvalue weighted by molar-refractivity contribution is 5.94. The molecule has 8 heteroatoms. The van der Waals surface area contributed by atoms with Crippen LogP contribution in [0.1, 0.15) is 36.5 Å². The van der Waals surface area contributed by atoms with Gasteiger partial charge in [0.15, 0.2) is 5.82 Å². The van der Waals surface area contributed by atoms with E-state index in [9.17, 15) is 0 Å². The summed E-state index contributed by atoms with van der Waals surface area (Å²) in [4.78, 5) is 11.7. The molecule has 5 rings (SSSR count). The van der Waals surface area contributed by atoms with Gasteiger partial charge in [0.2, 0.25) is 0 Å². The lowest BCUT2D eigenvalue weighted by molar-refractivity contribution is 0.0989. The highest BCUT2D eigenvalue weighted by Crippen LogP contribution is 2.34. The second-order valence-corrected chi connectivity index (χ2v) is 8.05. The van der Waals surface area contributed by atoms with Crippen molar-refractivity contribution in [3.05, 3.63) is 41.5 Å². The predicted molar refractivity (Wildman–Crippen MR) is 113 cm³/mol. The Labute approximate surface area is 169 Å². The van der Waals surface area contributed by atoms with Gasteiger partial charge in [0.25, 0.3) is 0 Å². The highest BCUT2D eigenvalue weighted by Gasteiger charge is 2.39. The van der Waals surface area contributed by atoms with Crippen molar-refractivity contribution in [1.29, 1.82) is 0 Å². The number of hydrogen-bond donors (Lipinski definition) is 2. The van der Waals surface area contributed by atoms with Crippen molar-refractivity contribution < 1.29 is 4.74 Å². The van der Waals surface area contributed by atoms with Gasteiger partial charge in [0, 0.05) is 34.9 Å². The zero-order valence-corrected chi connectivity index (χ0v) is 16.9. The van der Waals surface area contributed by atoms with Crippen LogP contribution in [0.3, 0.4) is 0 Å². The molecule has 150 valence electrons. The number of anilines is 3. The van der Waals surface area contributed by atoms with Crippen molar-refractivity contribution in [3.8, 4) is 0 Å². The summed E-state index contributed by atoms with van der Waals surface area (Å²) in [6.07, 6.45) is 3.31. The number of aromatic nitrogens is 4. The van der Waals surface area contributed by atoms with Crippen molar-refractivity contribution in [2.75, 3.05) is 29.1 Å². The second kappa shape index (κ2) is 6.81. The van der Waals surface area contributed by atoms with Gasteiger partial charge in [-0.15, -0.1) is 5.10 Å². The van der Waals surface area contributed by atoms with Crippen LogP contribution in [-0.4, -0.2) is 45.5 Å². The second-order valence-electron chi connectivity index (χ2n) is 8.05. The molecule has 0 saturated carbocycles. The third-order valence-electron chi connectivity index (χ3n) is 5.82. The number of rotatable bonds is 4. The van der Waals surface area contributed by atoms with E-state index in [1.165, 1.54) is 0 Å². The molecular formula is C21H25N7O. The van der Waals surface area contributed by atoms with Gasteiger partial charge in [-0.1, -0.05) is 0 Å². The molecule has 2 fully saturated rings. The zero-order valence-electron chi connectivity index (χ0n) is 16.9. The minimum Gasteiger partial charge on any atom is -0.399 e. The van der Waals surface area contributed by atoms with E-state index in [1.807, 2.05) is 39.1 Å². The quantitative estimate of drug-likeness (QED) is 0.700. The normalized spacial score (nSPS) is 21.7. The molecule has 0 amide bonds. The first-order chi connectivity index (χ1) is 14.0. The molecule has 0 unspecified atom stereocenters. The predicted octanol–water partition coefficient (Wildman–Crippen LogP) is 2.77. The molecule has 0 radical (unpaired) electrons. The highest BCUT2D eigenvalue weighted by atomic mass is 16.5. The maximum Gasteiger partial charge on any atom is 0.157 e. The number of fused-ring (bicyclic) bond motifs is 3. The molecule has 8 nitrogen and oxygen atoms in total. The Balaban J connectivity index is 1.51. The van der Waals surface area contributed by atoms with Crippen LogP contribution in [0.5, 0.6) is 0 Å². The Kier molecular flexibility index (Phi) is 4.24. The third-order valence-corrected chi connectivity index (χ3v) is 5.82. The van der Waals surface area contributed by atoms with Crippen LogP contribution >= 0.6 is 0 Å². The number of ether oxygens (including phenoxy) is 1. The summed E-state index contributed by atoms with van der Waals surface area (Å²) in [6.45, 7) is 7.62. The molecule has 3 atom stereocenters. The molecule has 0 aromatic carbocycles. The van der Waals surface area contributed by atoms with E-state index < -0.39 is 0 Å². The number of morpholine rings is 1. The van der Waals surface area contributed by atoms with E-state index >= 15 is 0 Å². The lowest BCUT2D eigenvalue weighted by Gasteiger charge is -2.28. The van der Waals surface area contributed by atoms with Crippen molar-refractivity contribution >= 4 is 28.1 Å². The molecule has 3 N–H and O–H groups in total. The minimum atomic E-state index is -0.0646. The van der Waals surface area contributed by atoms with Gasteiger partial charge in [-0.05, 0) is 45.4 Å². The monoisotopic (exact) mass is 391 g/mol. The summed E-state index contributed by atoms with van der Waals surface area (Å²) in [5.74, 6) is 1.69. The van der Waals surface area contributed by atoms with E-state index in [-0.39, 0.29) is 6.04 Å². The average molecular weight is 391 g/mol. The first-order valence-electron chi connectivity index (χ1n) is 10.00. The van der Waals surface area contributed by atoms with Crippen LogP contribution in [0.2, 0.25) is 0 Å². The van der Waals surface area contributed by atoms with E-state index in [0.717, 1.165) is 59.1 Å². The van der Waals surface area contributed by atoms with E-state index in [2.05, 4.69) is 31.5 Å². The van der Waals surface area contributed by atoms with Crippen molar-refractivity contribution in [2.45, 2.75) is 45.4 Å². The molecule has 2 aliphatic rings. The Morgan fingerprint density at radius 2 is 2.07 bits per heavy atom. The van der Waals surface area contributed by atoms with E-state index in [4.69, 9.17) is 15.5 Å². The molecular weight excluding hydrogens is 366 g/mol. The van der Waals surface area contributed by atoms with Gasteiger partial charge < -0.3 is 20.7 Å². The largest absolute Gasteiger partial charge is 0.399 e. The van der Waals surface area contributed by atoms with E-state index in [1.54, 1.807) is 0 Å². The molecule has 2 saturated heterocycles. The number of pyridine rings is 2. The molecule has 2 bridgehead atoms. The summed E-state index contributed by atoms with van der Waals surface area (Å²) >= 11 is 0.